The molecular weight excluding hydrogens is 442 g/mol. The van der Waals surface area contributed by atoms with E-state index in [0.29, 0.717) is 0 Å². The monoisotopic (exact) mass is 471 g/mol. The van der Waals surface area contributed by atoms with Gasteiger partial charge in [0.2, 0.25) is 0 Å². The van der Waals surface area contributed by atoms with Crippen LogP contribution in [0.1, 0.15) is 42.6 Å². The van der Waals surface area contributed by atoms with Crippen molar-refractivity contribution < 1.29 is 9.53 Å². The van der Waals surface area contributed by atoms with Crippen molar-refractivity contribution in [2.45, 2.75) is 45.6 Å². The summed E-state index contributed by atoms with van der Waals surface area (Å²) in [5.74, 6) is 0.902. The average Bonchev–Trinajstić information content (AvgIpc) is 3.54. The van der Waals surface area contributed by atoms with Gasteiger partial charge in [-0.05, 0) is 92.6 Å². The van der Waals surface area contributed by atoms with Gasteiger partial charge in [0, 0.05) is 23.1 Å². The fraction of sp³-hybridized carbons (Fsp3) is 0.286. The third-order valence-electron chi connectivity index (χ3n) is 6.60. The molecule has 2 aromatic carbocycles. The molecule has 1 aromatic heterocycles. The van der Waals surface area contributed by atoms with Gasteiger partial charge in [0.15, 0.2) is 5.17 Å². The van der Waals surface area contributed by atoms with Gasteiger partial charge in [-0.15, -0.1) is 0 Å². The number of carbonyl (C=O) groups is 1. The van der Waals surface area contributed by atoms with E-state index in [2.05, 4.69) is 36.6 Å². The predicted molar refractivity (Wildman–Crippen MR) is 140 cm³/mol. The zero-order valence-electron chi connectivity index (χ0n) is 19.8. The summed E-state index contributed by atoms with van der Waals surface area (Å²) in [4.78, 5) is 21.1. The van der Waals surface area contributed by atoms with Crippen LogP contribution in [0.3, 0.4) is 0 Å². The molecule has 1 aliphatic heterocycles. The van der Waals surface area contributed by atoms with Gasteiger partial charge >= 0.3 is 0 Å². The highest BCUT2D eigenvalue weighted by molar-refractivity contribution is 8.18. The average molecular weight is 472 g/mol. The number of amides is 1. The zero-order chi connectivity index (χ0) is 23.7. The van der Waals surface area contributed by atoms with Crippen molar-refractivity contribution in [3.8, 4) is 11.4 Å². The Balaban J connectivity index is 1.51. The molecule has 5 nitrogen and oxygen atoms in total. The second-order valence-corrected chi connectivity index (χ2v) is 9.82. The van der Waals surface area contributed by atoms with E-state index in [0.717, 1.165) is 57.0 Å². The van der Waals surface area contributed by atoms with Gasteiger partial charge < -0.3 is 9.30 Å². The number of aromatic nitrogens is 1. The molecule has 1 amide bonds. The molecule has 0 N–H and O–H groups in total. The Morgan fingerprint density at radius 1 is 1.03 bits per heavy atom. The third-order valence-corrected chi connectivity index (χ3v) is 7.58. The molecule has 1 saturated carbocycles. The lowest BCUT2D eigenvalue weighted by Gasteiger charge is -2.22. The largest absolute Gasteiger partial charge is 0.497 e. The molecule has 5 rings (SSSR count). The third kappa shape index (κ3) is 4.30. The zero-order valence-corrected chi connectivity index (χ0v) is 20.6. The second kappa shape index (κ2) is 9.55. The van der Waals surface area contributed by atoms with Crippen LogP contribution in [-0.4, -0.2) is 33.7 Å². The predicted octanol–water partition coefficient (Wildman–Crippen LogP) is 6.65. The van der Waals surface area contributed by atoms with E-state index in [4.69, 9.17) is 9.73 Å². The molecule has 34 heavy (non-hydrogen) atoms. The van der Waals surface area contributed by atoms with Crippen LogP contribution in [0, 0.1) is 13.8 Å². The van der Waals surface area contributed by atoms with Crippen LogP contribution in [-0.2, 0) is 4.79 Å². The van der Waals surface area contributed by atoms with Crippen molar-refractivity contribution in [2.24, 2.45) is 4.99 Å². The summed E-state index contributed by atoms with van der Waals surface area (Å²) in [6.45, 7) is 4.19. The van der Waals surface area contributed by atoms with E-state index in [1.54, 1.807) is 7.11 Å². The summed E-state index contributed by atoms with van der Waals surface area (Å²) >= 11 is 1.49. The van der Waals surface area contributed by atoms with Crippen molar-refractivity contribution in [3.05, 3.63) is 82.5 Å². The molecular formula is C28H29N3O2S. The maximum atomic E-state index is 13.6. The number of hydrogen-bond acceptors (Lipinski definition) is 4. The Morgan fingerprint density at radius 3 is 2.41 bits per heavy atom. The van der Waals surface area contributed by atoms with E-state index in [1.165, 1.54) is 24.6 Å². The van der Waals surface area contributed by atoms with Crippen molar-refractivity contribution in [3.63, 3.8) is 0 Å². The van der Waals surface area contributed by atoms with Gasteiger partial charge in [0.1, 0.15) is 5.75 Å². The molecule has 0 unspecified atom stereocenters. The van der Waals surface area contributed by atoms with E-state index in [1.807, 2.05) is 53.4 Å². The van der Waals surface area contributed by atoms with E-state index < -0.39 is 0 Å². The molecule has 2 aliphatic rings. The Labute approximate surface area is 205 Å². The number of benzene rings is 2. The number of ether oxygens (including phenoxy) is 1. The van der Waals surface area contributed by atoms with E-state index in [9.17, 15) is 4.79 Å². The highest BCUT2D eigenvalue weighted by Crippen LogP contribution is 2.39. The summed E-state index contributed by atoms with van der Waals surface area (Å²) in [5, 5.41) is 0.790. The normalized spacial score (nSPS) is 19.0. The second-order valence-electron chi connectivity index (χ2n) is 8.81. The molecule has 0 bridgehead atoms. The summed E-state index contributed by atoms with van der Waals surface area (Å²) < 4.78 is 7.51. The molecule has 174 valence electrons. The highest BCUT2D eigenvalue weighted by atomic mass is 32.2. The van der Waals surface area contributed by atoms with Gasteiger partial charge in [-0.2, -0.15) is 0 Å². The molecule has 0 atom stereocenters. The number of carbonyl (C=O) groups excluding carboxylic acids is 1. The standard InChI is InChI=1S/C28H29N3O2S/c1-19-17-21(20(2)30(19)24-13-15-25(33-3)16-14-24)18-26-27(32)31(23-11-7-8-12-23)28(34-26)29-22-9-5-4-6-10-22/h4-6,9-10,13-18,23H,7-8,11-12H2,1-3H3. The van der Waals surface area contributed by atoms with Crippen molar-refractivity contribution in [1.82, 2.24) is 9.47 Å². The fourth-order valence-corrected chi connectivity index (χ4v) is 5.92. The minimum Gasteiger partial charge on any atom is -0.497 e. The Hall–Kier alpha value is -3.25. The topological polar surface area (TPSA) is 46.8 Å². The maximum absolute atomic E-state index is 13.6. The lowest BCUT2D eigenvalue weighted by Crippen LogP contribution is -2.37. The molecule has 0 spiro atoms. The van der Waals surface area contributed by atoms with Gasteiger partial charge in [0.25, 0.3) is 5.91 Å². The van der Waals surface area contributed by atoms with E-state index >= 15 is 0 Å². The van der Waals surface area contributed by atoms with Crippen LogP contribution >= 0.6 is 11.8 Å². The van der Waals surface area contributed by atoms with Crippen LogP contribution in [0.25, 0.3) is 11.8 Å². The number of hydrogen-bond donors (Lipinski definition) is 0. The molecule has 0 radical (unpaired) electrons. The van der Waals surface area contributed by atoms with Crippen LogP contribution < -0.4 is 4.74 Å². The molecule has 3 aromatic rings. The number of thioether (sulfide) groups is 1. The summed E-state index contributed by atoms with van der Waals surface area (Å²) in [7, 11) is 1.67. The van der Waals surface area contributed by atoms with Crippen LogP contribution in [0.4, 0.5) is 5.69 Å². The van der Waals surface area contributed by atoms with Crippen molar-refractivity contribution in [2.75, 3.05) is 7.11 Å². The van der Waals surface area contributed by atoms with E-state index in [-0.39, 0.29) is 11.9 Å². The summed E-state index contributed by atoms with van der Waals surface area (Å²) in [5.41, 5.74) is 5.22. The van der Waals surface area contributed by atoms with Crippen LogP contribution in [0.2, 0.25) is 0 Å². The number of nitrogens with zero attached hydrogens (tertiary/aromatic N) is 3. The number of para-hydroxylation sites is 1. The first kappa shape index (κ1) is 22.5. The lowest BCUT2D eigenvalue weighted by atomic mass is 10.2. The highest BCUT2D eigenvalue weighted by Gasteiger charge is 2.39. The quantitative estimate of drug-likeness (QED) is 0.392. The minimum absolute atomic E-state index is 0.0702. The fourth-order valence-electron chi connectivity index (χ4n) is 4.87. The SMILES string of the molecule is COc1ccc(-n2c(C)cc(C=C3SC(=Nc4ccccc4)N(C4CCCC4)C3=O)c2C)cc1. The molecule has 1 saturated heterocycles. The van der Waals surface area contributed by atoms with Gasteiger partial charge in [-0.3, -0.25) is 9.69 Å². The summed E-state index contributed by atoms with van der Waals surface area (Å²) in [6, 6.07) is 20.3. The molecule has 2 fully saturated rings. The number of rotatable bonds is 5. The first-order valence-electron chi connectivity index (χ1n) is 11.8. The smallest absolute Gasteiger partial charge is 0.267 e. The number of aryl methyl sites for hydroxylation is 1. The molecule has 2 heterocycles. The van der Waals surface area contributed by atoms with Gasteiger partial charge in [-0.25, -0.2) is 4.99 Å². The minimum atomic E-state index is 0.0702. The van der Waals surface area contributed by atoms with Crippen molar-refractivity contribution in [1.29, 1.82) is 0 Å². The maximum Gasteiger partial charge on any atom is 0.267 e. The number of aliphatic imine (C=N–C) groups is 1. The lowest BCUT2D eigenvalue weighted by molar-refractivity contribution is -0.123. The van der Waals surface area contributed by atoms with Gasteiger partial charge in [-0.1, -0.05) is 31.0 Å². The van der Waals surface area contributed by atoms with Gasteiger partial charge in [0.05, 0.1) is 17.7 Å². The Kier molecular flexibility index (Phi) is 6.33. The molecule has 1 aliphatic carbocycles. The first-order valence-corrected chi connectivity index (χ1v) is 12.6. The molecule has 6 heteroatoms. The van der Waals surface area contributed by atoms with Crippen LogP contribution in [0.5, 0.6) is 5.75 Å². The van der Waals surface area contributed by atoms with Crippen molar-refractivity contribution >= 4 is 34.6 Å². The Bertz CT molecular complexity index is 1250. The summed E-state index contributed by atoms with van der Waals surface area (Å²) in [6.07, 6.45) is 6.45. The number of methoxy groups -OCH3 is 1. The van der Waals surface area contributed by atoms with Crippen LogP contribution in [0.15, 0.2) is 70.6 Å². The first-order chi connectivity index (χ1) is 16.5. The Morgan fingerprint density at radius 2 is 1.74 bits per heavy atom. The number of amidine groups is 1.